The molecule has 3 amide bonds. The van der Waals surface area contributed by atoms with Crippen molar-refractivity contribution in [3.05, 3.63) is 68.9 Å². The van der Waals surface area contributed by atoms with E-state index in [9.17, 15) is 45.8 Å². The van der Waals surface area contributed by atoms with Gasteiger partial charge in [0.05, 0.1) is 43.4 Å². The number of carbonyl (C=O) groups excluding carboxylic acids is 3. The first-order valence-corrected chi connectivity index (χ1v) is 24.7. The Hall–Kier alpha value is -5.63. The van der Waals surface area contributed by atoms with Crippen LogP contribution in [0.3, 0.4) is 0 Å². The monoisotopic (exact) mass is 1080 g/mol. The van der Waals surface area contributed by atoms with E-state index in [1.165, 1.54) is 11.3 Å². The lowest BCUT2D eigenvalue weighted by Crippen LogP contribution is -2.58. The molecule has 0 radical (unpaired) electrons. The molecule has 2 aromatic carbocycles. The number of carboxylic acid groups (broad SMARTS) is 2. The average Bonchev–Trinajstić information content (AvgIpc) is 3.83. The maximum absolute atomic E-state index is 15.8. The third-order valence-electron chi connectivity index (χ3n) is 12.5. The summed E-state index contributed by atoms with van der Waals surface area (Å²) in [6, 6.07) is 8.86. The number of nitrogens with zero attached hydrogens (tertiary/aromatic N) is 4. The number of likely N-dealkylation sites (tertiary alicyclic amines) is 1. The van der Waals surface area contributed by atoms with Gasteiger partial charge in [-0.15, -0.1) is 11.3 Å². The summed E-state index contributed by atoms with van der Waals surface area (Å²) in [5.41, 5.74) is 2.40. The maximum Gasteiger partial charge on any atom is 0.490 e. The van der Waals surface area contributed by atoms with E-state index in [2.05, 4.69) is 62.1 Å². The van der Waals surface area contributed by atoms with Gasteiger partial charge in [-0.05, 0) is 61.8 Å². The minimum atomic E-state index is -5.08. The second kappa shape index (κ2) is 26.7. The highest BCUT2D eigenvalue weighted by Gasteiger charge is 2.42. The van der Waals surface area contributed by atoms with E-state index in [0.717, 1.165) is 36.5 Å². The van der Waals surface area contributed by atoms with Crippen LogP contribution >= 0.6 is 11.3 Å². The number of rotatable bonds is 17. The van der Waals surface area contributed by atoms with Crippen LogP contribution in [0.15, 0.2) is 35.7 Å². The molecule has 2 fully saturated rings. The van der Waals surface area contributed by atoms with Gasteiger partial charge in [-0.3, -0.25) is 19.3 Å². The zero-order chi connectivity index (χ0) is 55.2. The molecule has 3 aliphatic heterocycles. The molecule has 1 atom stereocenters. The number of nitrogens with one attached hydrogen (secondary N) is 2. The first-order valence-electron chi connectivity index (χ1n) is 23.9. The van der Waals surface area contributed by atoms with Gasteiger partial charge in [0.1, 0.15) is 22.9 Å². The van der Waals surface area contributed by atoms with Crippen LogP contribution in [0.2, 0.25) is 0 Å². The summed E-state index contributed by atoms with van der Waals surface area (Å²) < 4.78 is 97.1. The van der Waals surface area contributed by atoms with Gasteiger partial charge in [-0.1, -0.05) is 58.9 Å². The standard InChI is InChI=1S/C45H63FN6O7S.2C2HF3O2/c1-30(2)42-48-35(28-60-42)43(56)51-22-25-59-45(29-51)15-19-50(20-16-45)26-34-9-7-8-32(39(34)46)13-23-57-24-14-38(55)52(31(3)44(4,5)6)21-18-47-17-12-33-10-11-36(53)40-41(33)58-27-37(54)49-40;2*3-2(4,5)1(6)7/h7-11,28,30-31,47,53H,12-27,29H2,1-6H3,(H,49,54);2*(H,6,7)/t31-;;/m1../s1. The number of aliphatic carboxylic acids is 2. The van der Waals surface area contributed by atoms with Crippen LogP contribution in [0.5, 0.6) is 11.5 Å². The van der Waals surface area contributed by atoms with Crippen molar-refractivity contribution in [3.63, 3.8) is 0 Å². The van der Waals surface area contributed by atoms with Gasteiger partial charge < -0.3 is 50.0 Å². The second-order valence-electron chi connectivity index (χ2n) is 19.3. The van der Waals surface area contributed by atoms with Crippen molar-refractivity contribution < 1.29 is 84.2 Å². The number of phenols is 1. The fraction of sp³-hybridized carbons (Fsp3) is 0.592. The molecule has 0 unspecified atom stereocenters. The van der Waals surface area contributed by atoms with Gasteiger partial charge in [-0.25, -0.2) is 19.0 Å². The number of piperidine rings is 1. The third-order valence-corrected chi connectivity index (χ3v) is 13.7. The fourth-order valence-electron chi connectivity index (χ4n) is 7.99. The lowest BCUT2D eigenvalue weighted by atomic mass is 9.86. The predicted molar refractivity (Wildman–Crippen MR) is 258 cm³/mol. The largest absolute Gasteiger partial charge is 0.506 e. The first kappa shape index (κ1) is 60.9. The molecular formula is C49H65F7N6O11S. The molecule has 17 nitrogen and oxygen atoms in total. The van der Waals surface area contributed by atoms with Crippen molar-refractivity contribution in [1.29, 1.82) is 0 Å². The van der Waals surface area contributed by atoms with Crippen molar-refractivity contribution in [3.8, 4) is 11.5 Å². The lowest BCUT2D eigenvalue weighted by molar-refractivity contribution is -0.193. The van der Waals surface area contributed by atoms with Gasteiger partial charge in [0.2, 0.25) is 5.91 Å². The molecule has 1 spiro atoms. The molecule has 5 N–H and O–H groups in total. The number of aromatic hydroxyl groups is 1. The zero-order valence-electron chi connectivity index (χ0n) is 42.1. The van der Waals surface area contributed by atoms with Gasteiger partial charge in [0, 0.05) is 62.2 Å². The second-order valence-corrected chi connectivity index (χ2v) is 20.2. The lowest BCUT2D eigenvalue weighted by Gasteiger charge is -2.47. The van der Waals surface area contributed by atoms with E-state index in [1.807, 2.05) is 27.3 Å². The molecule has 0 aliphatic carbocycles. The van der Waals surface area contributed by atoms with Crippen LogP contribution < -0.4 is 15.4 Å². The van der Waals surface area contributed by atoms with Crippen LogP contribution in [-0.2, 0) is 48.0 Å². The number of aromatic nitrogens is 1. The van der Waals surface area contributed by atoms with E-state index in [1.54, 1.807) is 18.2 Å². The van der Waals surface area contributed by atoms with Crippen LogP contribution in [-0.4, -0.2) is 161 Å². The Morgan fingerprint density at radius 1 is 0.919 bits per heavy atom. The zero-order valence-corrected chi connectivity index (χ0v) is 42.9. The van der Waals surface area contributed by atoms with Crippen LogP contribution in [0.4, 0.5) is 36.4 Å². The minimum Gasteiger partial charge on any atom is -0.506 e. The molecule has 74 heavy (non-hydrogen) atoms. The smallest absolute Gasteiger partial charge is 0.490 e. The first-order chi connectivity index (χ1) is 34.5. The number of hydrogen-bond donors (Lipinski definition) is 5. The van der Waals surface area contributed by atoms with Gasteiger partial charge >= 0.3 is 24.3 Å². The molecule has 412 valence electrons. The van der Waals surface area contributed by atoms with Crippen LogP contribution in [0, 0.1) is 11.2 Å². The summed E-state index contributed by atoms with van der Waals surface area (Å²) in [6.45, 7) is 18.3. The molecule has 25 heteroatoms. The number of thiazole rings is 1. The van der Waals surface area contributed by atoms with Crippen molar-refractivity contribution in [2.45, 2.75) is 110 Å². The SMILES string of the molecule is CC(C)c1nc(C(=O)N2CCOC3(CCN(Cc4cccc(CCOCCC(=O)N(CCNCCc5ccc(O)c6c5OCC(=O)N6)[C@H](C)C(C)(C)C)c4F)CC3)C2)cs1.O=C(O)C(F)(F)F.O=C(O)C(F)(F)F. The third kappa shape index (κ3) is 18.0. The number of amides is 3. The fourth-order valence-corrected chi connectivity index (χ4v) is 8.80. The van der Waals surface area contributed by atoms with Gasteiger partial charge in [0.25, 0.3) is 11.8 Å². The molecule has 4 heterocycles. The number of halogens is 7. The van der Waals surface area contributed by atoms with Gasteiger partial charge in [-0.2, -0.15) is 26.3 Å². The predicted octanol–water partition coefficient (Wildman–Crippen LogP) is 7.26. The number of anilines is 1. The number of benzene rings is 2. The van der Waals surface area contributed by atoms with E-state index in [4.69, 9.17) is 34.0 Å². The number of carbonyl (C=O) groups is 5. The molecular weight excluding hydrogens is 1010 g/mol. The number of hydrogen-bond acceptors (Lipinski definition) is 13. The van der Waals surface area contributed by atoms with E-state index < -0.39 is 29.9 Å². The van der Waals surface area contributed by atoms with Crippen molar-refractivity contribution in [1.82, 2.24) is 25.0 Å². The quantitative estimate of drug-likeness (QED) is 0.0511. The minimum absolute atomic E-state index is 0.00472. The van der Waals surface area contributed by atoms with E-state index in [-0.39, 0.29) is 66.3 Å². The molecule has 6 rings (SSSR count). The molecule has 2 saturated heterocycles. The highest BCUT2D eigenvalue weighted by Crippen LogP contribution is 2.39. The number of carboxylic acids is 2. The normalized spacial score (nSPS) is 16.2. The van der Waals surface area contributed by atoms with Crippen LogP contribution in [0.1, 0.15) is 98.9 Å². The summed E-state index contributed by atoms with van der Waals surface area (Å²) in [5, 5.41) is 33.3. The Morgan fingerprint density at radius 2 is 1.55 bits per heavy atom. The Balaban J connectivity index is 0.000000743. The number of fused-ring (bicyclic) bond motifs is 1. The number of morpholine rings is 1. The van der Waals surface area contributed by atoms with Gasteiger partial charge in [0.15, 0.2) is 12.4 Å². The van der Waals surface area contributed by atoms with Crippen molar-refractivity contribution >= 4 is 46.7 Å². The molecule has 0 saturated carbocycles. The Bertz CT molecular complexity index is 2360. The number of alkyl halides is 6. The molecule has 3 aromatic rings. The molecule has 1 aromatic heterocycles. The summed E-state index contributed by atoms with van der Waals surface area (Å²) >= 11 is 1.53. The highest BCUT2D eigenvalue weighted by molar-refractivity contribution is 7.09. The van der Waals surface area contributed by atoms with Crippen molar-refractivity contribution in [2.75, 3.05) is 77.6 Å². The summed E-state index contributed by atoms with van der Waals surface area (Å²) in [5.74, 6) is -5.32. The maximum atomic E-state index is 15.8. The van der Waals surface area contributed by atoms with E-state index >= 15 is 4.39 Å². The van der Waals surface area contributed by atoms with Crippen LogP contribution in [0.25, 0.3) is 0 Å². The number of phenolic OH excluding ortho intramolecular Hbond substituents is 1. The summed E-state index contributed by atoms with van der Waals surface area (Å²) in [4.78, 5) is 67.0. The molecule has 3 aliphatic rings. The van der Waals surface area contributed by atoms with Crippen molar-refractivity contribution in [2.24, 2.45) is 5.41 Å². The Labute approximate surface area is 428 Å². The Kier molecular flexibility index (Phi) is 22.0. The topological polar surface area (TPSA) is 220 Å². The molecule has 0 bridgehead atoms. The summed E-state index contributed by atoms with van der Waals surface area (Å²) in [6.07, 6.45) is -7.39. The highest BCUT2D eigenvalue weighted by atomic mass is 32.1. The van der Waals surface area contributed by atoms with E-state index in [0.29, 0.717) is 93.6 Å². The average molecular weight is 1080 g/mol. The number of ether oxygens (including phenoxy) is 3. The Morgan fingerprint density at radius 3 is 2.15 bits per heavy atom. The summed E-state index contributed by atoms with van der Waals surface area (Å²) in [7, 11) is 0.